The Bertz CT molecular complexity index is 406. The lowest BCUT2D eigenvalue weighted by Crippen LogP contribution is -1.95. The second-order valence-corrected chi connectivity index (χ2v) is 4.69. The summed E-state index contributed by atoms with van der Waals surface area (Å²) in [5.41, 5.74) is 7.68. The van der Waals surface area contributed by atoms with Crippen LogP contribution in [0.1, 0.15) is 24.5 Å². The van der Waals surface area contributed by atoms with E-state index in [1.54, 1.807) is 7.11 Å². The maximum atomic E-state index is 5.40. The summed E-state index contributed by atoms with van der Waals surface area (Å²) < 4.78 is 5.24. The summed E-state index contributed by atoms with van der Waals surface area (Å²) in [5, 5.41) is 0. The van der Waals surface area contributed by atoms with E-state index in [2.05, 4.69) is 24.8 Å². The van der Waals surface area contributed by atoms with Gasteiger partial charge < -0.3 is 10.5 Å². The van der Waals surface area contributed by atoms with E-state index in [0.29, 0.717) is 6.54 Å². The molecule has 0 atom stereocenters. The third-order valence-electron chi connectivity index (χ3n) is 2.24. The van der Waals surface area contributed by atoms with Crippen LogP contribution in [0.3, 0.4) is 0 Å². The summed E-state index contributed by atoms with van der Waals surface area (Å²) in [7, 11) is 1.68. The van der Waals surface area contributed by atoms with Crippen LogP contribution in [0, 0.1) is 11.8 Å². The van der Waals surface area contributed by atoms with Gasteiger partial charge in [0, 0.05) is 11.3 Å². The van der Waals surface area contributed by atoms with Crippen LogP contribution in [0.4, 0.5) is 0 Å². The first-order valence-corrected chi connectivity index (χ1v) is 6.90. The van der Waals surface area contributed by atoms with Crippen molar-refractivity contribution in [1.29, 1.82) is 0 Å². The molecule has 0 aliphatic rings. The van der Waals surface area contributed by atoms with Crippen molar-refractivity contribution in [3.63, 3.8) is 0 Å². The molecule has 0 aliphatic carbocycles. The maximum absolute atomic E-state index is 5.40. The van der Waals surface area contributed by atoms with E-state index in [-0.39, 0.29) is 0 Å². The number of benzene rings is 1. The zero-order valence-corrected chi connectivity index (χ0v) is 11.3. The Morgan fingerprint density at radius 1 is 1.41 bits per heavy atom. The van der Waals surface area contributed by atoms with E-state index in [0.717, 1.165) is 17.1 Å². The first-order valence-electron chi connectivity index (χ1n) is 5.75. The van der Waals surface area contributed by atoms with Crippen molar-refractivity contribution in [2.45, 2.75) is 19.1 Å². The SMILES string of the molecule is CCCSCc1cc(OC)ccc1C#CCN. The van der Waals surface area contributed by atoms with Crippen LogP contribution < -0.4 is 10.5 Å². The molecule has 0 aromatic heterocycles. The van der Waals surface area contributed by atoms with E-state index in [4.69, 9.17) is 10.5 Å². The second kappa shape index (κ2) is 8.05. The molecule has 0 bridgehead atoms. The average Bonchev–Trinajstić information content (AvgIpc) is 2.37. The van der Waals surface area contributed by atoms with Gasteiger partial charge in [0.15, 0.2) is 0 Å². The van der Waals surface area contributed by atoms with Crippen LogP contribution in [-0.4, -0.2) is 19.4 Å². The van der Waals surface area contributed by atoms with Gasteiger partial charge in [0.05, 0.1) is 13.7 Å². The van der Waals surface area contributed by atoms with Crippen molar-refractivity contribution in [1.82, 2.24) is 0 Å². The highest BCUT2D eigenvalue weighted by Gasteiger charge is 2.02. The fraction of sp³-hybridized carbons (Fsp3) is 0.429. The topological polar surface area (TPSA) is 35.2 Å². The molecule has 17 heavy (non-hydrogen) atoms. The van der Waals surface area contributed by atoms with Gasteiger partial charge in [-0.3, -0.25) is 0 Å². The van der Waals surface area contributed by atoms with E-state index in [1.807, 2.05) is 23.9 Å². The molecule has 1 aromatic rings. The van der Waals surface area contributed by atoms with Crippen molar-refractivity contribution in [2.24, 2.45) is 5.73 Å². The van der Waals surface area contributed by atoms with E-state index in [1.165, 1.54) is 17.7 Å². The van der Waals surface area contributed by atoms with Gasteiger partial charge >= 0.3 is 0 Å². The highest BCUT2D eigenvalue weighted by atomic mass is 32.2. The minimum Gasteiger partial charge on any atom is -0.497 e. The molecule has 1 aromatic carbocycles. The predicted molar refractivity (Wildman–Crippen MR) is 75.4 cm³/mol. The number of ether oxygens (including phenoxy) is 1. The van der Waals surface area contributed by atoms with Gasteiger partial charge in [-0.2, -0.15) is 11.8 Å². The van der Waals surface area contributed by atoms with Crippen molar-refractivity contribution >= 4 is 11.8 Å². The molecule has 0 saturated heterocycles. The number of thioether (sulfide) groups is 1. The number of rotatable bonds is 5. The van der Waals surface area contributed by atoms with Gasteiger partial charge in [0.25, 0.3) is 0 Å². The molecule has 2 N–H and O–H groups in total. The first-order chi connectivity index (χ1) is 8.31. The Hall–Kier alpha value is -1.11. The molecule has 0 saturated carbocycles. The fourth-order valence-corrected chi connectivity index (χ4v) is 2.30. The summed E-state index contributed by atoms with van der Waals surface area (Å²) in [4.78, 5) is 0. The highest BCUT2D eigenvalue weighted by Crippen LogP contribution is 2.22. The Balaban J connectivity index is 2.86. The summed E-state index contributed by atoms with van der Waals surface area (Å²) in [5.74, 6) is 9.03. The van der Waals surface area contributed by atoms with Crippen LogP contribution in [0.5, 0.6) is 5.75 Å². The fourth-order valence-electron chi connectivity index (χ4n) is 1.41. The van der Waals surface area contributed by atoms with Crippen LogP contribution in [0.25, 0.3) is 0 Å². The van der Waals surface area contributed by atoms with Gasteiger partial charge in [0.2, 0.25) is 0 Å². The molecule has 0 fully saturated rings. The summed E-state index contributed by atoms with van der Waals surface area (Å²) >= 11 is 1.92. The monoisotopic (exact) mass is 249 g/mol. The number of nitrogens with two attached hydrogens (primary N) is 1. The Morgan fingerprint density at radius 3 is 2.88 bits per heavy atom. The lowest BCUT2D eigenvalue weighted by Gasteiger charge is -2.07. The largest absolute Gasteiger partial charge is 0.497 e. The number of methoxy groups -OCH3 is 1. The average molecular weight is 249 g/mol. The quantitative estimate of drug-likeness (QED) is 0.643. The number of hydrogen-bond acceptors (Lipinski definition) is 3. The minimum atomic E-state index is 0.396. The third kappa shape index (κ3) is 4.72. The molecule has 3 heteroatoms. The van der Waals surface area contributed by atoms with E-state index < -0.39 is 0 Å². The van der Waals surface area contributed by atoms with Gasteiger partial charge in [-0.05, 0) is 35.9 Å². The lowest BCUT2D eigenvalue weighted by molar-refractivity contribution is 0.414. The van der Waals surface area contributed by atoms with Crippen molar-refractivity contribution in [2.75, 3.05) is 19.4 Å². The normalized spacial score (nSPS) is 9.59. The molecule has 0 amide bonds. The predicted octanol–water partition coefficient (Wildman–Crippen LogP) is 2.65. The molecular weight excluding hydrogens is 230 g/mol. The highest BCUT2D eigenvalue weighted by molar-refractivity contribution is 7.98. The molecule has 1 rings (SSSR count). The van der Waals surface area contributed by atoms with Gasteiger partial charge in [-0.1, -0.05) is 18.8 Å². The molecule has 0 unspecified atom stereocenters. The number of hydrogen-bond donors (Lipinski definition) is 1. The Labute approximate surface area is 108 Å². The Morgan fingerprint density at radius 2 is 2.24 bits per heavy atom. The third-order valence-corrected chi connectivity index (χ3v) is 3.46. The zero-order chi connectivity index (χ0) is 12.5. The molecule has 0 heterocycles. The van der Waals surface area contributed by atoms with Crippen molar-refractivity contribution < 1.29 is 4.74 Å². The van der Waals surface area contributed by atoms with Crippen LogP contribution in [0.15, 0.2) is 18.2 Å². The zero-order valence-electron chi connectivity index (χ0n) is 10.5. The summed E-state index contributed by atoms with van der Waals surface area (Å²) in [6.45, 7) is 2.58. The van der Waals surface area contributed by atoms with Crippen molar-refractivity contribution in [3.8, 4) is 17.6 Å². The maximum Gasteiger partial charge on any atom is 0.119 e. The molecule has 0 spiro atoms. The van der Waals surface area contributed by atoms with Crippen molar-refractivity contribution in [3.05, 3.63) is 29.3 Å². The smallest absolute Gasteiger partial charge is 0.119 e. The van der Waals surface area contributed by atoms with Crippen LogP contribution in [-0.2, 0) is 5.75 Å². The summed E-state index contributed by atoms with van der Waals surface area (Å²) in [6.07, 6.45) is 1.19. The standard InChI is InChI=1S/C14H19NOS/c1-3-9-17-11-13-10-14(16-2)7-6-12(13)5-4-8-15/h6-7,10H,3,8-9,11,15H2,1-2H3. The molecule has 0 aliphatic heterocycles. The van der Waals surface area contributed by atoms with Gasteiger partial charge in [-0.25, -0.2) is 0 Å². The second-order valence-electron chi connectivity index (χ2n) is 3.58. The van der Waals surface area contributed by atoms with Crippen LogP contribution in [0.2, 0.25) is 0 Å². The molecular formula is C14H19NOS. The van der Waals surface area contributed by atoms with E-state index in [9.17, 15) is 0 Å². The van der Waals surface area contributed by atoms with Crippen LogP contribution >= 0.6 is 11.8 Å². The van der Waals surface area contributed by atoms with E-state index >= 15 is 0 Å². The molecule has 2 nitrogen and oxygen atoms in total. The lowest BCUT2D eigenvalue weighted by atomic mass is 10.1. The van der Waals surface area contributed by atoms with Gasteiger partial charge in [-0.15, -0.1) is 0 Å². The molecule has 0 radical (unpaired) electrons. The molecule has 92 valence electrons. The Kier molecular flexibility index (Phi) is 6.61. The summed E-state index contributed by atoms with van der Waals surface area (Å²) in [6, 6.07) is 6.00. The minimum absolute atomic E-state index is 0.396. The first kappa shape index (κ1) is 14.0. The van der Waals surface area contributed by atoms with Gasteiger partial charge in [0.1, 0.15) is 5.75 Å².